The Morgan fingerprint density at radius 3 is 2.50 bits per heavy atom. The molecular formula is C15H17ClN2OS. The number of halogens is 1. The molecule has 1 aromatic heterocycles. The van der Waals surface area contributed by atoms with Crippen molar-refractivity contribution >= 4 is 29.1 Å². The number of hydrogen-bond donors (Lipinski definition) is 0. The third-order valence-corrected chi connectivity index (χ3v) is 4.46. The Hall–Kier alpha value is -1.26. The maximum Gasteiger partial charge on any atom is 0.167 e. The molecule has 0 saturated carbocycles. The average molecular weight is 309 g/mol. The van der Waals surface area contributed by atoms with E-state index in [0.717, 1.165) is 17.0 Å². The molecule has 0 unspecified atom stereocenters. The largest absolute Gasteiger partial charge is 0.294 e. The van der Waals surface area contributed by atoms with Gasteiger partial charge in [-0.15, -0.1) is 11.8 Å². The Morgan fingerprint density at radius 2 is 2.00 bits per heavy atom. The van der Waals surface area contributed by atoms with Crippen LogP contribution in [0.2, 0.25) is 5.15 Å². The minimum atomic E-state index is 0.0658. The van der Waals surface area contributed by atoms with Gasteiger partial charge in [0.15, 0.2) is 5.78 Å². The van der Waals surface area contributed by atoms with E-state index in [9.17, 15) is 4.79 Å². The van der Waals surface area contributed by atoms with Gasteiger partial charge in [-0.25, -0.2) is 0 Å². The van der Waals surface area contributed by atoms with Crippen LogP contribution in [0.3, 0.4) is 0 Å². The normalized spacial score (nSPS) is 10.8. The van der Waals surface area contributed by atoms with Crippen molar-refractivity contribution in [3.05, 3.63) is 46.2 Å². The molecule has 0 bridgehead atoms. The van der Waals surface area contributed by atoms with Crippen LogP contribution in [0, 0.1) is 6.92 Å². The Morgan fingerprint density at radius 1 is 1.35 bits per heavy atom. The second-order valence-corrected chi connectivity index (χ2v) is 6.23. The summed E-state index contributed by atoms with van der Waals surface area (Å²) in [5.74, 6) is 1.09. The molecule has 5 heteroatoms. The minimum Gasteiger partial charge on any atom is -0.294 e. The van der Waals surface area contributed by atoms with Crippen molar-refractivity contribution in [1.29, 1.82) is 0 Å². The lowest BCUT2D eigenvalue weighted by Crippen LogP contribution is -2.04. The van der Waals surface area contributed by atoms with Crippen LogP contribution in [0.1, 0.15) is 28.5 Å². The van der Waals surface area contributed by atoms with E-state index >= 15 is 0 Å². The highest BCUT2D eigenvalue weighted by Crippen LogP contribution is 2.22. The lowest BCUT2D eigenvalue weighted by molar-refractivity contribution is 0.0992. The van der Waals surface area contributed by atoms with Gasteiger partial charge in [0.25, 0.3) is 0 Å². The van der Waals surface area contributed by atoms with Gasteiger partial charge in [-0.2, -0.15) is 5.10 Å². The summed E-state index contributed by atoms with van der Waals surface area (Å²) in [6.07, 6.45) is 0.290. The molecule has 2 rings (SSSR count). The van der Waals surface area contributed by atoms with Crippen LogP contribution >= 0.6 is 23.4 Å². The number of ketones is 1. The third kappa shape index (κ3) is 3.25. The standard InChI is InChI=1S/C15H17ClN2OS/c1-4-20-12-7-5-11(6-8-12)14(19)9-13-10(2)17-18(3)15(13)16/h5-8H,4,9H2,1-3H3. The molecule has 1 aromatic carbocycles. The summed E-state index contributed by atoms with van der Waals surface area (Å²) in [7, 11) is 1.78. The molecule has 0 radical (unpaired) electrons. The molecule has 106 valence electrons. The Balaban J connectivity index is 2.15. The smallest absolute Gasteiger partial charge is 0.167 e. The number of carbonyl (C=O) groups excluding carboxylic acids is 1. The van der Waals surface area contributed by atoms with Crippen molar-refractivity contribution in [2.75, 3.05) is 5.75 Å². The second kappa shape index (κ2) is 6.46. The van der Waals surface area contributed by atoms with E-state index in [2.05, 4.69) is 12.0 Å². The highest BCUT2D eigenvalue weighted by atomic mass is 35.5. The molecular weight excluding hydrogens is 292 g/mol. The summed E-state index contributed by atoms with van der Waals surface area (Å²) in [6, 6.07) is 7.72. The first kappa shape index (κ1) is 15.1. The molecule has 0 fully saturated rings. The molecule has 0 amide bonds. The number of hydrogen-bond acceptors (Lipinski definition) is 3. The zero-order valence-corrected chi connectivity index (χ0v) is 13.4. The number of aryl methyl sites for hydroxylation is 2. The number of benzene rings is 1. The fraction of sp³-hybridized carbons (Fsp3) is 0.333. The molecule has 2 aromatic rings. The van der Waals surface area contributed by atoms with Crippen LogP contribution in [0.25, 0.3) is 0 Å². The summed E-state index contributed by atoms with van der Waals surface area (Å²) in [5, 5.41) is 4.76. The van der Waals surface area contributed by atoms with Gasteiger partial charge in [0.05, 0.1) is 5.69 Å². The van der Waals surface area contributed by atoms with Crippen molar-refractivity contribution < 1.29 is 4.79 Å². The number of Topliss-reactive ketones (excluding diaryl/α,β-unsaturated/α-hetero) is 1. The van der Waals surface area contributed by atoms with Crippen LogP contribution in [0.5, 0.6) is 0 Å². The Bertz CT molecular complexity index is 620. The molecule has 0 saturated heterocycles. The molecule has 20 heavy (non-hydrogen) atoms. The van der Waals surface area contributed by atoms with E-state index in [1.165, 1.54) is 4.90 Å². The summed E-state index contributed by atoms with van der Waals surface area (Å²) in [6.45, 7) is 3.98. The summed E-state index contributed by atoms with van der Waals surface area (Å²) in [5.41, 5.74) is 2.33. The SMILES string of the molecule is CCSc1ccc(C(=O)Cc2c(C)nn(C)c2Cl)cc1. The molecule has 0 aliphatic heterocycles. The lowest BCUT2D eigenvalue weighted by atomic mass is 10.0. The van der Waals surface area contributed by atoms with Crippen molar-refractivity contribution in [3.8, 4) is 0 Å². The maximum atomic E-state index is 12.3. The van der Waals surface area contributed by atoms with Gasteiger partial charge >= 0.3 is 0 Å². The summed E-state index contributed by atoms with van der Waals surface area (Å²) >= 11 is 7.92. The van der Waals surface area contributed by atoms with E-state index in [4.69, 9.17) is 11.6 Å². The molecule has 0 aliphatic rings. The van der Waals surface area contributed by atoms with Crippen molar-refractivity contribution in [3.63, 3.8) is 0 Å². The van der Waals surface area contributed by atoms with Crippen LogP contribution in [0.4, 0.5) is 0 Å². The Labute approximate surface area is 128 Å². The van der Waals surface area contributed by atoms with Gasteiger partial charge in [0.1, 0.15) is 5.15 Å². The predicted molar refractivity (Wildman–Crippen MR) is 83.8 cm³/mol. The zero-order valence-electron chi connectivity index (χ0n) is 11.8. The second-order valence-electron chi connectivity index (χ2n) is 4.54. The number of nitrogens with zero attached hydrogens (tertiary/aromatic N) is 2. The van der Waals surface area contributed by atoms with E-state index in [0.29, 0.717) is 17.1 Å². The van der Waals surface area contributed by atoms with Crippen LogP contribution in [-0.4, -0.2) is 21.3 Å². The molecule has 1 heterocycles. The van der Waals surface area contributed by atoms with E-state index in [1.807, 2.05) is 31.2 Å². The van der Waals surface area contributed by atoms with Crippen molar-refractivity contribution in [2.45, 2.75) is 25.2 Å². The average Bonchev–Trinajstić information content (AvgIpc) is 2.66. The molecule has 0 aliphatic carbocycles. The van der Waals surface area contributed by atoms with E-state index < -0.39 is 0 Å². The van der Waals surface area contributed by atoms with Gasteiger partial charge in [-0.1, -0.05) is 30.7 Å². The quantitative estimate of drug-likeness (QED) is 0.620. The van der Waals surface area contributed by atoms with Gasteiger partial charge in [-0.05, 0) is 24.8 Å². The first-order valence-corrected chi connectivity index (χ1v) is 7.83. The number of carbonyl (C=O) groups is 1. The Kier molecular flexibility index (Phi) is 4.89. The lowest BCUT2D eigenvalue weighted by Gasteiger charge is -2.03. The van der Waals surface area contributed by atoms with Crippen LogP contribution in [-0.2, 0) is 13.5 Å². The maximum absolute atomic E-state index is 12.3. The van der Waals surface area contributed by atoms with Gasteiger partial charge in [-0.3, -0.25) is 9.48 Å². The summed E-state index contributed by atoms with van der Waals surface area (Å²) < 4.78 is 1.60. The highest BCUT2D eigenvalue weighted by Gasteiger charge is 2.16. The molecule has 0 atom stereocenters. The monoisotopic (exact) mass is 308 g/mol. The zero-order chi connectivity index (χ0) is 14.7. The van der Waals surface area contributed by atoms with Gasteiger partial charge < -0.3 is 0 Å². The first-order chi connectivity index (χ1) is 9.52. The van der Waals surface area contributed by atoms with Crippen molar-refractivity contribution in [2.24, 2.45) is 7.05 Å². The first-order valence-electron chi connectivity index (χ1n) is 6.47. The van der Waals surface area contributed by atoms with Gasteiger partial charge in [0.2, 0.25) is 0 Å². The number of aromatic nitrogens is 2. The fourth-order valence-electron chi connectivity index (χ4n) is 2.04. The van der Waals surface area contributed by atoms with Gasteiger partial charge in [0, 0.05) is 29.5 Å². The predicted octanol–water partition coefficient (Wildman–Crippen LogP) is 3.92. The molecule has 0 spiro atoms. The minimum absolute atomic E-state index is 0.0658. The number of rotatable bonds is 5. The van der Waals surface area contributed by atoms with E-state index in [-0.39, 0.29) is 5.78 Å². The van der Waals surface area contributed by atoms with Crippen molar-refractivity contribution in [1.82, 2.24) is 9.78 Å². The topological polar surface area (TPSA) is 34.9 Å². The highest BCUT2D eigenvalue weighted by molar-refractivity contribution is 7.99. The van der Waals surface area contributed by atoms with Crippen LogP contribution < -0.4 is 0 Å². The van der Waals surface area contributed by atoms with E-state index in [1.54, 1.807) is 23.5 Å². The molecule has 3 nitrogen and oxygen atoms in total. The third-order valence-electron chi connectivity index (χ3n) is 3.09. The van der Waals surface area contributed by atoms with Crippen LogP contribution in [0.15, 0.2) is 29.2 Å². The fourth-order valence-corrected chi connectivity index (χ4v) is 2.94. The molecule has 0 N–H and O–H groups in total. The number of thioether (sulfide) groups is 1. The summed E-state index contributed by atoms with van der Waals surface area (Å²) in [4.78, 5) is 13.5.